The molecule has 0 bridgehead atoms. The highest BCUT2D eigenvalue weighted by Gasteiger charge is 2.28. The van der Waals surface area contributed by atoms with Gasteiger partial charge in [0, 0.05) is 17.7 Å². The van der Waals surface area contributed by atoms with Crippen molar-refractivity contribution in [2.75, 3.05) is 20.8 Å². The van der Waals surface area contributed by atoms with Gasteiger partial charge in [-0.15, -0.1) is 0 Å². The van der Waals surface area contributed by atoms with Crippen molar-refractivity contribution in [3.8, 4) is 22.8 Å². The number of esters is 1. The monoisotopic (exact) mass is 442 g/mol. The van der Waals surface area contributed by atoms with E-state index in [-0.39, 0.29) is 12.2 Å². The van der Waals surface area contributed by atoms with E-state index >= 15 is 0 Å². The van der Waals surface area contributed by atoms with Gasteiger partial charge in [0.15, 0.2) is 0 Å². The average Bonchev–Trinajstić information content (AvgIpc) is 3.15. The molecule has 0 spiro atoms. The number of carbonyl (C=O) groups is 1. The van der Waals surface area contributed by atoms with Gasteiger partial charge in [-0.05, 0) is 19.1 Å². The Morgan fingerprint density at radius 2 is 1.61 bits per heavy atom. The maximum Gasteiger partial charge on any atom is 0.341 e. The van der Waals surface area contributed by atoms with Crippen molar-refractivity contribution in [3.05, 3.63) is 82.6 Å². The second-order valence-electron chi connectivity index (χ2n) is 7.48. The smallest absolute Gasteiger partial charge is 0.341 e. The highest BCUT2D eigenvalue weighted by atomic mass is 16.5. The number of para-hydroxylation sites is 1. The number of methoxy groups -OCH3 is 2. The molecule has 3 aromatic carbocycles. The number of hydrogen-bond donors (Lipinski definition) is 0. The first kappa shape index (κ1) is 20.6. The maximum atomic E-state index is 13.6. The van der Waals surface area contributed by atoms with Gasteiger partial charge in [0.25, 0.3) is 5.56 Å². The average molecular weight is 442 g/mol. The van der Waals surface area contributed by atoms with Gasteiger partial charge in [-0.2, -0.15) is 0 Å². The predicted molar refractivity (Wildman–Crippen MR) is 127 cm³/mol. The van der Waals surface area contributed by atoms with Crippen LogP contribution < -0.4 is 15.0 Å². The number of benzene rings is 3. The largest absolute Gasteiger partial charge is 0.497 e. The van der Waals surface area contributed by atoms with Gasteiger partial charge in [-0.1, -0.05) is 42.5 Å². The van der Waals surface area contributed by atoms with Crippen LogP contribution in [0.4, 0.5) is 0 Å². The molecule has 2 heterocycles. The first-order valence-corrected chi connectivity index (χ1v) is 10.6. The number of fused-ring (bicyclic) bond motifs is 5. The van der Waals surface area contributed by atoms with Crippen molar-refractivity contribution in [1.82, 2.24) is 9.03 Å². The van der Waals surface area contributed by atoms with E-state index in [4.69, 9.17) is 14.2 Å². The number of rotatable bonds is 5. The molecular formula is C26H22N2O5. The van der Waals surface area contributed by atoms with Gasteiger partial charge < -0.3 is 14.2 Å². The van der Waals surface area contributed by atoms with Gasteiger partial charge >= 0.3 is 5.97 Å². The molecule has 0 saturated carbocycles. The van der Waals surface area contributed by atoms with Crippen LogP contribution in [-0.2, 0) is 4.74 Å². The molecule has 33 heavy (non-hydrogen) atoms. The van der Waals surface area contributed by atoms with E-state index in [1.54, 1.807) is 41.3 Å². The van der Waals surface area contributed by atoms with Crippen LogP contribution in [0.15, 0.2) is 71.5 Å². The third kappa shape index (κ3) is 3.04. The van der Waals surface area contributed by atoms with Crippen LogP contribution in [0.1, 0.15) is 17.3 Å². The Morgan fingerprint density at radius 3 is 2.30 bits per heavy atom. The van der Waals surface area contributed by atoms with Crippen LogP contribution in [-0.4, -0.2) is 35.8 Å². The summed E-state index contributed by atoms with van der Waals surface area (Å²) in [7, 11) is 3.06. The standard InChI is InChI=1S/C26H22N2O5/c1-4-33-26(30)23-22-20(14-17(31-2)15-21(22)32-3)28-25(29)18-12-8-9-13-19(18)27(28)24(23)16-10-6-5-7-11-16/h5-15H,4H2,1-3H3. The fourth-order valence-electron chi connectivity index (χ4n) is 4.35. The number of ether oxygens (including phenoxy) is 3. The fraction of sp³-hybridized carbons (Fsp3) is 0.154. The molecular weight excluding hydrogens is 420 g/mol. The SMILES string of the molecule is CCOC(=O)c1c(-c2ccccc2)n2c3ccccc3c(=O)n2c2cc(OC)cc(OC)c12. The van der Waals surface area contributed by atoms with E-state index in [1.165, 1.54) is 7.11 Å². The van der Waals surface area contributed by atoms with Crippen LogP contribution in [0.2, 0.25) is 0 Å². The van der Waals surface area contributed by atoms with E-state index < -0.39 is 5.97 Å². The summed E-state index contributed by atoms with van der Waals surface area (Å²) < 4.78 is 20.0. The molecule has 0 aliphatic rings. The van der Waals surface area contributed by atoms with Crippen molar-refractivity contribution < 1.29 is 19.0 Å². The predicted octanol–water partition coefficient (Wildman–Crippen LogP) is 4.57. The van der Waals surface area contributed by atoms with Crippen molar-refractivity contribution in [2.45, 2.75) is 6.92 Å². The molecule has 166 valence electrons. The fourth-order valence-corrected chi connectivity index (χ4v) is 4.35. The highest BCUT2D eigenvalue weighted by Crippen LogP contribution is 2.39. The second kappa shape index (κ2) is 8.02. The molecule has 5 aromatic rings. The Bertz CT molecular complexity index is 1580. The Kier molecular flexibility index (Phi) is 5.01. The van der Waals surface area contributed by atoms with Gasteiger partial charge in [0.05, 0.1) is 53.9 Å². The molecule has 2 aromatic heterocycles. The van der Waals surface area contributed by atoms with Gasteiger partial charge in [0.2, 0.25) is 0 Å². The quantitative estimate of drug-likeness (QED) is 0.373. The molecule has 0 aliphatic heterocycles. The zero-order chi connectivity index (χ0) is 23.1. The third-order valence-corrected chi connectivity index (χ3v) is 5.72. The van der Waals surface area contributed by atoms with Gasteiger partial charge in [-0.3, -0.25) is 4.79 Å². The first-order valence-electron chi connectivity index (χ1n) is 10.6. The Labute approximate surface area is 189 Å². The molecule has 0 aliphatic carbocycles. The molecule has 0 atom stereocenters. The van der Waals surface area contributed by atoms with Crippen LogP contribution in [0.25, 0.3) is 33.1 Å². The van der Waals surface area contributed by atoms with Crippen LogP contribution in [0.3, 0.4) is 0 Å². The van der Waals surface area contributed by atoms with Crippen molar-refractivity contribution in [3.63, 3.8) is 0 Å². The minimum atomic E-state index is -0.502. The number of aromatic nitrogens is 2. The Hall–Kier alpha value is -4.26. The summed E-state index contributed by atoms with van der Waals surface area (Å²) in [6, 6.07) is 20.2. The summed E-state index contributed by atoms with van der Waals surface area (Å²) in [6.07, 6.45) is 0. The zero-order valence-corrected chi connectivity index (χ0v) is 18.5. The van der Waals surface area contributed by atoms with Crippen molar-refractivity contribution in [2.24, 2.45) is 0 Å². The minimum absolute atomic E-state index is 0.206. The summed E-state index contributed by atoms with van der Waals surface area (Å²) in [5.74, 6) is 0.405. The highest BCUT2D eigenvalue weighted by molar-refractivity contribution is 6.11. The summed E-state index contributed by atoms with van der Waals surface area (Å²) >= 11 is 0. The minimum Gasteiger partial charge on any atom is -0.497 e. The normalized spacial score (nSPS) is 11.2. The van der Waals surface area contributed by atoms with Crippen LogP contribution >= 0.6 is 0 Å². The Morgan fingerprint density at radius 1 is 0.879 bits per heavy atom. The topological polar surface area (TPSA) is 70.7 Å². The van der Waals surface area contributed by atoms with Crippen molar-refractivity contribution in [1.29, 1.82) is 0 Å². The second-order valence-corrected chi connectivity index (χ2v) is 7.48. The van der Waals surface area contributed by atoms with E-state index in [2.05, 4.69) is 0 Å². The number of nitrogens with zero attached hydrogens (tertiary/aromatic N) is 2. The lowest BCUT2D eigenvalue weighted by atomic mass is 10.0. The van der Waals surface area contributed by atoms with E-state index in [1.807, 2.05) is 48.5 Å². The van der Waals surface area contributed by atoms with E-state index in [0.717, 1.165) is 5.56 Å². The maximum absolute atomic E-state index is 13.6. The van der Waals surface area contributed by atoms with E-state index in [9.17, 15) is 9.59 Å². The van der Waals surface area contributed by atoms with Crippen LogP contribution in [0, 0.1) is 0 Å². The first-order chi connectivity index (χ1) is 16.1. The zero-order valence-electron chi connectivity index (χ0n) is 18.5. The lowest BCUT2D eigenvalue weighted by molar-refractivity contribution is 0.0528. The number of carbonyl (C=O) groups excluding carboxylic acids is 1. The summed E-state index contributed by atoms with van der Waals surface area (Å²) in [6.45, 7) is 1.97. The van der Waals surface area contributed by atoms with Crippen LogP contribution in [0.5, 0.6) is 11.5 Å². The van der Waals surface area contributed by atoms with Gasteiger partial charge in [-0.25, -0.2) is 13.8 Å². The molecule has 0 fully saturated rings. The molecule has 0 N–H and O–H groups in total. The molecule has 0 unspecified atom stereocenters. The molecule has 7 nitrogen and oxygen atoms in total. The molecule has 0 saturated heterocycles. The summed E-state index contributed by atoms with van der Waals surface area (Å²) in [5, 5.41) is 1.01. The molecule has 0 amide bonds. The summed E-state index contributed by atoms with van der Waals surface area (Å²) in [4.78, 5) is 27.1. The lowest BCUT2D eigenvalue weighted by Crippen LogP contribution is -2.19. The van der Waals surface area contributed by atoms with E-state index in [0.29, 0.717) is 44.6 Å². The molecule has 0 radical (unpaired) electrons. The molecule has 7 heteroatoms. The Balaban J connectivity index is 2.17. The number of hydrogen-bond acceptors (Lipinski definition) is 5. The molecule has 5 rings (SSSR count). The third-order valence-electron chi connectivity index (χ3n) is 5.72. The van der Waals surface area contributed by atoms with Gasteiger partial charge in [0.1, 0.15) is 11.5 Å². The van der Waals surface area contributed by atoms with Crippen molar-refractivity contribution >= 4 is 27.8 Å². The lowest BCUT2D eigenvalue weighted by Gasteiger charge is -2.19. The summed E-state index contributed by atoms with van der Waals surface area (Å²) in [5.41, 5.74) is 2.57.